The molecule has 4 aromatic carbocycles. The average molecular weight is 625 g/mol. The fraction of sp³-hybridized carbons (Fsp3) is 0.316. The van der Waals surface area contributed by atoms with E-state index in [-0.39, 0.29) is 11.8 Å². The van der Waals surface area contributed by atoms with Crippen LogP contribution in [0.1, 0.15) is 45.7 Å². The quantitative estimate of drug-likeness (QED) is 0.111. The van der Waals surface area contributed by atoms with Crippen LogP contribution in [0.25, 0.3) is 0 Å². The van der Waals surface area contributed by atoms with E-state index in [2.05, 4.69) is 0 Å². The van der Waals surface area contributed by atoms with Crippen LogP contribution in [0, 0.1) is 0 Å². The Morgan fingerprint density at radius 1 is 0.522 bits per heavy atom. The summed E-state index contributed by atoms with van der Waals surface area (Å²) in [7, 11) is 0. The van der Waals surface area contributed by atoms with Crippen molar-refractivity contribution in [1.29, 1.82) is 0 Å². The molecule has 0 spiro atoms. The number of amides is 2. The molecule has 8 nitrogen and oxygen atoms in total. The molecule has 0 radical (unpaired) electrons. The molecular formula is C38H44N2O6. The van der Waals surface area contributed by atoms with E-state index >= 15 is 0 Å². The molecule has 0 heterocycles. The van der Waals surface area contributed by atoms with Gasteiger partial charge in [0.15, 0.2) is 0 Å². The van der Waals surface area contributed by atoms with Crippen LogP contribution in [0.5, 0.6) is 11.5 Å². The van der Waals surface area contributed by atoms with Crippen LogP contribution < -0.4 is 9.47 Å². The molecule has 242 valence electrons. The van der Waals surface area contributed by atoms with Gasteiger partial charge in [-0.15, -0.1) is 0 Å². The molecule has 0 fully saturated rings. The monoisotopic (exact) mass is 624 g/mol. The minimum atomic E-state index is -0.143. The zero-order valence-corrected chi connectivity index (χ0v) is 26.8. The second-order valence-electron chi connectivity index (χ2n) is 10.6. The molecule has 0 N–H and O–H groups in total. The van der Waals surface area contributed by atoms with Crippen LogP contribution in [0.2, 0.25) is 0 Å². The highest BCUT2D eigenvalue weighted by Crippen LogP contribution is 2.19. The van der Waals surface area contributed by atoms with Gasteiger partial charge in [0.25, 0.3) is 11.8 Å². The maximum absolute atomic E-state index is 14.0. The minimum absolute atomic E-state index is 0.143. The zero-order valence-electron chi connectivity index (χ0n) is 26.8. The summed E-state index contributed by atoms with van der Waals surface area (Å²) in [5.41, 5.74) is 3.03. The van der Waals surface area contributed by atoms with Gasteiger partial charge in [-0.25, -0.2) is 0 Å². The van der Waals surface area contributed by atoms with Gasteiger partial charge < -0.3 is 28.7 Å². The molecule has 0 aliphatic carbocycles. The third-order valence-corrected chi connectivity index (χ3v) is 7.21. The van der Waals surface area contributed by atoms with Gasteiger partial charge >= 0.3 is 0 Å². The van der Waals surface area contributed by atoms with E-state index < -0.39 is 0 Å². The Hall–Kier alpha value is -4.66. The normalized spacial score (nSPS) is 10.7. The van der Waals surface area contributed by atoms with Gasteiger partial charge in [-0.05, 0) is 61.4 Å². The largest absolute Gasteiger partial charge is 0.491 e. The minimum Gasteiger partial charge on any atom is -0.491 e. The maximum Gasteiger partial charge on any atom is 0.254 e. The summed E-state index contributed by atoms with van der Waals surface area (Å²) in [5.74, 6) is 0.927. The van der Waals surface area contributed by atoms with Crippen molar-refractivity contribution in [3.8, 4) is 11.5 Å². The Balaban J connectivity index is 1.54. The highest BCUT2D eigenvalue weighted by atomic mass is 16.5. The first-order valence-corrected chi connectivity index (χ1v) is 15.8. The summed E-state index contributed by atoms with van der Waals surface area (Å²) < 4.78 is 22.4. The predicted molar refractivity (Wildman–Crippen MR) is 179 cm³/mol. The van der Waals surface area contributed by atoms with Gasteiger partial charge in [0.1, 0.15) is 24.7 Å². The van der Waals surface area contributed by atoms with Gasteiger partial charge in [-0.1, -0.05) is 72.8 Å². The third-order valence-electron chi connectivity index (χ3n) is 7.21. The molecular weight excluding hydrogens is 580 g/mol. The summed E-state index contributed by atoms with van der Waals surface area (Å²) in [6.07, 6.45) is 0. The van der Waals surface area contributed by atoms with E-state index in [9.17, 15) is 9.59 Å². The summed E-state index contributed by atoms with van der Waals surface area (Å²) >= 11 is 0. The van der Waals surface area contributed by atoms with Crippen LogP contribution in [-0.2, 0) is 22.6 Å². The Kier molecular flexibility index (Phi) is 14.1. The van der Waals surface area contributed by atoms with Crippen molar-refractivity contribution in [2.45, 2.75) is 26.9 Å². The van der Waals surface area contributed by atoms with Crippen molar-refractivity contribution in [1.82, 2.24) is 9.80 Å². The van der Waals surface area contributed by atoms with Crippen LogP contribution in [0.3, 0.4) is 0 Å². The molecule has 0 atom stereocenters. The number of carbonyl (C=O) groups is 2. The number of nitrogens with zero attached hydrogens (tertiary/aromatic N) is 2. The number of hydrogen-bond donors (Lipinski definition) is 0. The van der Waals surface area contributed by atoms with Crippen LogP contribution in [0.15, 0.2) is 109 Å². The topological polar surface area (TPSA) is 77.5 Å². The second-order valence-corrected chi connectivity index (χ2v) is 10.6. The molecule has 0 unspecified atom stereocenters. The SMILES string of the molecule is CCOCCOc1cccc(C(=O)N(CCN(Cc2ccccc2)C(=O)c2cccc(OCCOCC)c2)Cc2ccccc2)c1. The van der Waals surface area contributed by atoms with Crippen molar-refractivity contribution in [2.75, 3.05) is 52.7 Å². The first-order valence-electron chi connectivity index (χ1n) is 15.8. The molecule has 2 amide bonds. The Bertz CT molecular complexity index is 1370. The van der Waals surface area contributed by atoms with Gasteiger partial charge in [-0.3, -0.25) is 9.59 Å². The standard InChI is InChI=1S/C38H44N2O6/c1-3-43-23-25-45-35-19-11-17-33(27-35)37(41)39(29-31-13-7-5-8-14-31)21-22-40(30-32-15-9-6-10-16-32)38(42)34-18-12-20-36(28-34)46-26-24-44-4-2/h5-20,27-28H,3-4,21-26,29-30H2,1-2H3. The van der Waals surface area contributed by atoms with Crippen molar-refractivity contribution in [3.05, 3.63) is 131 Å². The first kappa shape index (κ1) is 34.2. The Labute approximate surface area is 272 Å². The number of benzene rings is 4. The van der Waals surface area contributed by atoms with Crippen LogP contribution in [0.4, 0.5) is 0 Å². The lowest BCUT2D eigenvalue weighted by Crippen LogP contribution is -2.40. The fourth-order valence-corrected chi connectivity index (χ4v) is 4.88. The van der Waals surface area contributed by atoms with E-state index in [0.717, 1.165) is 11.1 Å². The predicted octanol–water partition coefficient (Wildman–Crippen LogP) is 6.50. The van der Waals surface area contributed by atoms with E-state index in [0.29, 0.717) is 88.4 Å². The molecule has 4 aromatic rings. The van der Waals surface area contributed by atoms with Crippen molar-refractivity contribution < 1.29 is 28.5 Å². The van der Waals surface area contributed by atoms with Crippen molar-refractivity contribution in [3.63, 3.8) is 0 Å². The molecule has 0 aliphatic heterocycles. The summed E-state index contributed by atoms with van der Waals surface area (Å²) in [6.45, 7) is 8.30. The molecule has 0 saturated heterocycles. The maximum atomic E-state index is 14.0. The Morgan fingerprint density at radius 3 is 1.33 bits per heavy atom. The highest BCUT2D eigenvalue weighted by molar-refractivity contribution is 5.95. The van der Waals surface area contributed by atoms with Crippen LogP contribution >= 0.6 is 0 Å². The number of carbonyl (C=O) groups excluding carboxylic acids is 2. The number of hydrogen-bond acceptors (Lipinski definition) is 6. The Morgan fingerprint density at radius 2 is 0.935 bits per heavy atom. The number of rotatable bonds is 19. The molecule has 8 heteroatoms. The summed E-state index contributed by atoms with van der Waals surface area (Å²) in [4.78, 5) is 31.6. The molecule has 0 aromatic heterocycles. The van der Waals surface area contributed by atoms with E-state index in [1.165, 1.54) is 0 Å². The molecule has 46 heavy (non-hydrogen) atoms. The van der Waals surface area contributed by atoms with Gasteiger partial charge in [-0.2, -0.15) is 0 Å². The van der Waals surface area contributed by atoms with Gasteiger partial charge in [0.05, 0.1) is 13.2 Å². The lowest BCUT2D eigenvalue weighted by Gasteiger charge is -2.29. The lowest BCUT2D eigenvalue weighted by atomic mass is 10.1. The van der Waals surface area contributed by atoms with Gasteiger partial charge in [0, 0.05) is 50.5 Å². The first-order chi connectivity index (χ1) is 22.6. The highest BCUT2D eigenvalue weighted by Gasteiger charge is 2.22. The van der Waals surface area contributed by atoms with Crippen LogP contribution in [-0.4, -0.2) is 74.3 Å². The van der Waals surface area contributed by atoms with E-state index in [4.69, 9.17) is 18.9 Å². The summed E-state index contributed by atoms with van der Waals surface area (Å²) in [6, 6.07) is 34.1. The van der Waals surface area contributed by atoms with E-state index in [1.54, 1.807) is 34.1 Å². The molecule has 0 aliphatic rings. The fourth-order valence-electron chi connectivity index (χ4n) is 4.88. The number of ether oxygens (including phenoxy) is 4. The smallest absolute Gasteiger partial charge is 0.254 e. The second kappa shape index (κ2) is 19.0. The lowest BCUT2D eigenvalue weighted by molar-refractivity contribution is 0.0644. The van der Waals surface area contributed by atoms with Crippen molar-refractivity contribution >= 4 is 11.8 Å². The van der Waals surface area contributed by atoms with Gasteiger partial charge in [0.2, 0.25) is 0 Å². The zero-order chi connectivity index (χ0) is 32.4. The summed E-state index contributed by atoms with van der Waals surface area (Å²) in [5, 5.41) is 0. The molecule has 4 rings (SSSR count). The molecule has 0 saturated carbocycles. The third kappa shape index (κ3) is 11.1. The molecule has 0 bridgehead atoms. The van der Waals surface area contributed by atoms with E-state index in [1.807, 2.05) is 98.8 Å². The van der Waals surface area contributed by atoms with Crippen molar-refractivity contribution in [2.24, 2.45) is 0 Å². The average Bonchev–Trinajstić information content (AvgIpc) is 3.10.